The van der Waals surface area contributed by atoms with Crippen LogP contribution in [0.4, 0.5) is 13.2 Å². The first kappa shape index (κ1) is 11.7. The Kier molecular flexibility index (Phi) is 2.90. The number of halogens is 3. The monoisotopic (exact) mass is 253 g/mol. The summed E-state index contributed by atoms with van der Waals surface area (Å²) in [6.07, 6.45) is 2.17. The Morgan fingerprint density at radius 3 is 2.53 bits per heavy atom. The van der Waals surface area contributed by atoms with Gasteiger partial charge in [-0.3, -0.25) is 0 Å². The van der Waals surface area contributed by atoms with E-state index in [4.69, 9.17) is 6.42 Å². The van der Waals surface area contributed by atoms with Gasteiger partial charge in [-0.05, 0) is 6.07 Å². The van der Waals surface area contributed by atoms with Crippen molar-refractivity contribution < 1.29 is 13.2 Å². The van der Waals surface area contributed by atoms with Crippen LogP contribution in [0.3, 0.4) is 0 Å². The molecule has 0 spiro atoms. The molecule has 5 heteroatoms. The van der Waals surface area contributed by atoms with Crippen LogP contribution in [0.1, 0.15) is 10.4 Å². The second-order valence-electron chi connectivity index (χ2n) is 3.22. The molecule has 1 heterocycles. The topological polar surface area (TPSA) is 12.9 Å². The molecular weight excluding hydrogens is 247 g/mol. The second kappa shape index (κ2) is 4.22. The SMILES string of the molecule is C#Cc1cnc(-c2ccccc2C(F)(F)F)s1. The van der Waals surface area contributed by atoms with Crippen molar-refractivity contribution in [2.24, 2.45) is 0 Å². The van der Waals surface area contributed by atoms with Crippen molar-refractivity contribution in [3.63, 3.8) is 0 Å². The van der Waals surface area contributed by atoms with E-state index in [0.717, 1.165) is 17.4 Å². The molecule has 0 atom stereocenters. The van der Waals surface area contributed by atoms with Crippen molar-refractivity contribution in [3.8, 4) is 22.9 Å². The van der Waals surface area contributed by atoms with Crippen molar-refractivity contribution in [1.29, 1.82) is 0 Å². The van der Waals surface area contributed by atoms with E-state index in [1.165, 1.54) is 18.3 Å². The van der Waals surface area contributed by atoms with Crippen LogP contribution in [0.2, 0.25) is 0 Å². The predicted octanol–water partition coefficient (Wildman–Crippen LogP) is 3.81. The van der Waals surface area contributed by atoms with E-state index in [1.54, 1.807) is 6.07 Å². The fourth-order valence-electron chi connectivity index (χ4n) is 1.38. The van der Waals surface area contributed by atoms with Crippen LogP contribution < -0.4 is 0 Å². The van der Waals surface area contributed by atoms with Crippen molar-refractivity contribution in [3.05, 3.63) is 40.9 Å². The van der Waals surface area contributed by atoms with E-state index >= 15 is 0 Å². The molecule has 0 saturated heterocycles. The first-order valence-corrected chi connectivity index (χ1v) is 5.43. The Labute approximate surface area is 99.9 Å². The average Bonchev–Trinajstić information content (AvgIpc) is 2.76. The summed E-state index contributed by atoms with van der Waals surface area (Å²) in [5.41, 5.74) is -0.635. The molecule has 0 N–H and O–H groups in total. The molecule has 0 radical (unpaired) electrons. The smallest absolute Gasteiger partial charge is 0.243 e. The van der Waals surface area contributed by atoms with E-state index in [-0.39, 0.29) is 10.6 Å². The van der Waals surface area contributed by atoms with Crippen molar-refractivity contribution in [1.82, 2.24) is 4.98 Å². The number of alkyl halides is 3. The minimum Gasteiger partial charge on any atom is -0.243 e. The fourth-order valence-corrected chi connectivity index (χ4v) is 2.15. The predicted molar refractivity (Wildman–Crippen MR) is 60.5 cm³/mol. The van der Waals surface area contributed by atoms with Crippen molar-refractivity contribution >= 4 is 11.3 Å². The van der Waals surface area contributed by atoms with Gasteiger partial charge in [-0.1, -0.05) is 24.1 Å². The van der Waals surface area contributed by atoms with Crippen LogP contribution in [0.25, 0.3) is 10.6 Å². The molecule has 1 aromatic carbocycles. The molecule has 0 aliphatic heterocycles. The largest absolute Gasteiger partial charge is 0.417 e. The highest BCUT2D eigenvalue weighted by Gasteiger charge is 2.33. The normalized spacial score (nSPS) is 11.2. The van der Waals surface area contributed by atoms with E-state index in [0.29, 0.717) is 4.88 Å². The van der Waals surface area contributed by atoms with E-state index in [9.17, 15) is 13.2 Å². The summed E-state index contributed by atoms with van der Waals surface area (Å²) in [5.74, 6) is 2.35. The first-order valence-electron chi connectivity index (χ1n) is 4.61. The first-order chi connectivity index (χ1) is 8.02. The molecular formula is C12H6F3NS. The summed E-state index contributed by atoms with van der Waals surface area (Å²) in [7, 11) is 0. The van der Waals surface area contributed by atoms with E-state index < -0.39 is 11.7 Å². The van der Waals surface area contributed by atoms with Crippen LogP contribution in [0, 0.1) is 12.3 Å². The number of hydrogen-bond donors (Lipinski definition) is 0. The molecule has 0 amide bonds. The molecule has 0 aliphatic carbocycles. The molecule has 17 heavy (non-hydrogen) atoms. The minimum absolute atomic E-state index is 0.0616. The van der Waals surface area contributed by atoms with Gasteiger partial charge < -0.3 is 0 Å². The zero-order valence-electron chi connectivity index (χ0n) is 8.45. The molecule has 1 aromatic heterocycles. The molecule has 0 aliphatic rings. The molecule has 1 nitrogen and oxygen atoms in total. The maximum atomic E-state index is 12.8. The van der Waals surface area contributed by atoms with Crippen LogP contribution >= 0.6 is 11.3 Å². The van der Waals surface area contributed by atoms with E-state index in [2.05, 4.69) is 10.9 Å². The summed E-state index contributed by atoms with van der Waals surface area (Å²) in [5, 5.41) is 0.283. The number of benzene rings is 1. The molecule has 0 bridgehead atoms. The highest BCUT2D eigenvalue weighted by atomic mass is 32.1. The highest BCUT2D eigenvalue weighted by Crippen LogP contribution is 2.37. The van der Waals surface area contributed by atoms with Gasteiger partial charge in [-0.2, -0.15) is 13.2 Å². The highest BCUT2D eigenvalue weighted by molar-refractivity contribution is 7.15. The number of hydrogen-bond acceptors (Lipinski definition) is 2. The number of nitrogens with zero attached hydrogens (tertiary/aromatic N) is 1. The maximum absolute atomic E-state index is 12.8. The molecule has 0 saturated carbocycles. The quantitative estimate of drug-likeness (QED) is 0.704. The van der Waals surface area contributed by atoms with Gasteiger partial charge in [-0.25, -0.2) is 4.98 Å². The van der Waals surface area contributed by atoms with Gasteiger partial charge in [0.2, 0.25) is 0 Å². The van der Waals surface area contributed by atoms with Gasteiger partial charge in [0.15, 0.2) is 0 Å². The van der Waals surface area contributed by atoms with Gasteiger partial charge in [0.1, 0.15) is 5.01 Å². The minimum atomic E-state index is -4.39. The molecule has 0 fully saturated rings. The zero-order valence-corrected chi connectivity index (χ0v) is 9.27. The second-order valence-corrected chi connectivity index (χ2v) is 4.25. The summed E-state index contributed by atoms with van der Waals surface area (Å²) < 4.78 is 38.3. The third-order valence-electron chi connectivity index (χ3n) is 2.11. The Hall–Kier alpha value is -1.80. The summed E-state index contributed by atoms with van der Waals surface area (Å²) in [4.78, 5) is 4.42. The summed E-state index contributed by atoms with van der Waals surface area (Å²) >= 11 is 1.07. The van der Waals surface area contributed by atoms with Crippen LogP contribution in [0.5, 0.6) is 0 Å². The third-order valence-corrected chi connectivity index (χ3v) is 3.07. The summed E-state index contributed by atoms with van der Waals surface area (Å²) in [6.45, 7) is 0. The average molecular weight is 253 g/mol. The molecule has 2 aromatic rings. The Morgan fingerprint density at radius 2 is 1.94 bits per heavy atom. The van der Waals surface area contributed by atoms with Gasteiger partial charge in [0.05, 0.1) is 16.6 Å². The Morgan fingerprint density at radius 1 is 1.24 bits per heavy atom. The summed E-state index contributed by atoms with van der Waals surface area (Å²) in [6, 6.07) is 5.32. The van der Waals surface area contributed by atoms with E-state index in [1.807, 2.05) is 0 Å². The Balaban J connectivity index is 2.56. The van der Waals surface area contributed by atoms with Gasteiger partial charge in [0, 0.05) is 5.56 Å². The number of terminal acetylenes is 1. The Bertz CT molecular complexity index is 578. The van der Waals surface area contributed by atoms with Crippen molar-refractivity contribution in [2.45, 2.75) is 6.18 Å². The lowest BCUT2D eigenvalue weighted by Gasteiger charge is -2.10. The number of thiazole rings is 1. The number of aromatic nitrogens is 1. The lowest BCUT2D eigenvalue weighted by molar-refractivity contribution is -0.137. The zero-order chi connectivity index (χ0) is 12.5. The number of rotatable bonds is 1. The fraction of sp³-hybridized carbons (Fsp3) is 0.0833. The van der Waals surface area contributed by atoms with Crippen LogP contribution in [0.15, 0.2) is 30.5 Å². The van der Waals surface area contributed by atoms with Crippen LogP contribution in [-0.2, 0) is 6.18 Å². The maximum Gasteiger partial charge on any atom is 0.417 e. The van der Waals surface area contributed by atoms with Crippen LogP contribution in [-0.4, -0.2) is 4.98 Å². The lowest BCUT2D eigenvalue weighted by Crippen LogP contribution is -2.06. The molecule has 0 unspecified atom stereocenters. The van der Waals surface area contributed by atoms with Gasteiger partial charge >= 0.3 is 6.18 Å². The molecule has 86 valence electrons. The lowest BCUT2D eigenvalue weighted by atomic mass is 10.1. The standard InChI is InChI=1S/C12H6F3NS/c1-2-8-7-16-11(17-8)9-5-3-4-6-10(9)12(13,14)15/h1,3-7H. The van der Waals surface area contributed by atoms with Gasteiger partial charge in [-0.15, -0.1) is 17.8 Å². The van der Waals surface area contributed by atoms with Crippen molar-refractivity contribution in [2.75, 3.05) is 0 Å². The molecule has 2 rings (SSSR count). The van der Waals surface area contributed by atoms with Gasteiger partial charge in [0.25, 0.3) is 0 Å². The third kappa shape index (κ3) is 2.32.